The van der Waals surface area contributed by atoms with Crippen LogP contribution in [-0.2, 0) is 50.1 Å². The maximum atomic E-state index is 15.8. The van der Waals surface area contributed by atoms with Crippen LogP contribution in [0.1, 0.15) is 22.3 Å². The van der Waals surface area contributed by atoms with Crippen molar-refractivity contribution < 1.29 is 32.8 Å². The van der Waals surface area contributed by atoms with E-state index in [2.05, 4.69) is 0 Å². The molecule has 1 aliphatic heterocycles. The summed E-state index contributed by atoms with van der Waals surface area (Å²) in [6, 6.07) is 36.9. The van der Waals surface area contributed by atoms with Crippen molar-refractivity contribution in [3.63, 3.8) is 0 Å². The predicted molar refractivity (Wildman–Crippen MR) is 157 cm³/mol. The zero-order valence-electron chi connectivity index (χ0n) is 23.7. The third-order valence-corrected chi connectivity index (χ3v) is 7.14. The Balaban J connectivity index is 1.36. The highest BCUT2D eigenvalue weighted by Crippen LogP contribution is 2.31. The van der Waals surface area contributed by atoms with Gasteiger partial charge in [0, 0.05) is 0 Å². The molecule has 0 saturated carbocycles. The number of alkyl halides is 1. The highest BCUT2D eigenvalue weighted by Gasteiger charge is 2.48. The maximum Gasteiger partial charge on any atom is 0.228 e. The van der Waals surface area contributed by atoms with Crippen molar-refractivity contribution in [3.8, 4) is 5.75 Å². The van der Waals surface area contributed by atoms with Crippen molar-refractivity contribution in [3.05, 3.63) is 138 Å². The average Bonchev–Trinajstić information content (AvgIpc) is 3.04. The number of rotatable bonds is 14. The van der Waals surface area contributed by atoms with E-state index in [1.807, 2.05) is 115 Å². The molecule has 4 aromatic carbocycles. The van der Waals surface area contributed by atoms with Crippen molar-refractivity contribution in [2.75, 3.05) is 13.7 Å². The van der Waals surface area contributed by atoms with Crippen molar-refractivity contribution in [2.24, 2.45) is 0 Å². The van der Waals surface area contributed by atoms with E-state index >= 15 is 4.39 Å². The molecule has 6 nitrogen and oxygen atoms in total. The molecular formula is C35H37FO6. The largest absolute Gasteiger partial charge is 0.497 e. The van der Waals surface area contributed by atoms with Gasteiger partial charge < -0.3 is 28.4 Å². The molecule has 7 heteroatoms. The highest BCUT2D eigenvalue weighted by atomic mass is 19.1. The molecule has 0 aliphatic carbocycles. The van der Waals surface area contributed by atoms with Crippen LogP contribution in [0, 0.1) is 0 Å². The summed E-state index contributed by atoms with van der Waals surface area (Å²) in [5, 5.41) is 0. The fourth-order valence-corrected chi connectivity index (χ4v) is 4.88. The van der Waals surface area contributed by atoms with Crippen LogP contribution in [0.4, 0.5) is 4.39 Å². The van der Waals surface area contributed by atoms with Gasteiger partial charge in [-0.25, -0.2) is 4.39 Å². The Morgan fingerprint density at radius 2 is 1.00 bits per heavy atom. The van der Waals surface area contributed by atoms with E-state index in [9.17, 15) is 0 Å². The van der Waals surface area contributed by atoms with Crippen LogP contribution in [0.5, 0.6) is 5.75 Å². The Hall–Kier alpha value is -3.59. The third-order valence-electron chi connectivity index (χ3n) is 7.14. The van der Waals surface area contributed by atoms with Gasteiger partial charge in [0.1, 0.15) is 30.2 Å². The average molecular weight is 573 g/mol. The molecule has 4 aromatic rings. The van der Waals surface area contributed by atoms with Gasteiger partial charge in [0.25, 0.3) is 0 Å². The first-order valence-corrected chi connectivity index (χ1v) is 14.2. The topological polar surface area (TPSA) is 55.4 Å². The van der Waals surface area contributed by atoms with Crippen LogP contribution in [0.15, 0.2) is 115 Å². The van der Waals surface area contributed by atoms with Crippen LogP contribution in [0.25, 0.3) is 0 Å². The van der Waals surface area contributed by atoms with Crippen molar-refractivity contribution in [2.45, 2.75) is 57.2 Å². The maximum absolute atomic E-state index is 15.8. The van der Waals surface area contributed by atoms with Crippen LogP contribution < -0.4 is 4.74 Å². The lowest BCUT2D eigenvalue weighted by Crippen LogP contribution is -2.60. The summed E-state index contributed by atoms with van der Waals surface area (Å²) < 4.78 is 52.1. The fraction of sp³-hybridized carbons (Fsp3) is 0.314. The Bertz CT molecular complexity index is 1310. The Morgan fingerprint density at radius 3 is 1.52 bits per heavy atom. The standard InChI is InChI=1S/C35H37FO6/c1-37-30-19-17-29(18-20-30)24-40-33-32(39-22-27-13-7-3-8-14-27)31(25-38-21-26-11-5-2-6-12-26)42-35(36)34(33)41-23-28-15-9-4-10-16-28/h2-20,31-35H,21-25H2,1H3/t31-,32+,33+,34-,35+/m1/s1. The molecular weight excluding hydrogens is 535 g/mol. The van der Waals surface area contributed by atoms with E-state index in [4.69, 9.17) is 28.4 Å². The summed E-state index contributed by atoms with van der Waals surface area (Å²) >= 11 is 0. The van der Waals surface area contributed by atoms with Crippen molar-refractivity contribution in [1.82, 2.24) is 0 Å². The van der Waals surface area contributed by atoms with E-state index in [0.29, 0.717) is 13.2 Å². The lowest BCUT2D eigenvalue weighted by atomic mass is 9.98. The molecule has 5 atom stereocenters. The monoisotopic (exact) mass is 572 g/mol. The molecule has 1 heterocycles. The Morgan fingerprint density at radius 1 is 0.548 bits per heavy atom. The second kappa shape index (κ2) is 15.6. The summed E-state index contributed by atoms with van der Waals surface area (Å²) in [5.41, 5.74) is 3.84. The zero-order valence-corrected chi connectivity index (χ0v) is 23.7. The first-order valence-electron chi connectivity index (χ1n) is 14.2. The van der Waals surface area contributed by atoms with Gasteiger partial charge >= 0.3 is 0 Å². The number of hydrogen-bond acceptors (Lipinski definition) is 6. The van der Waals surface area contributed by atoms with E-state index in [-0.39, 0.29) is 19.8 Å². The van der Waals surface area contributed by atoms with E-state index in [0.717, 1.165) is 28.0 Å². The summed E-state index contributed by atoms with van der Waals surface area (Å²) in [6.07, 6.45) is -4.91. The van der Waals surface area contributed by atoms with E-state index in [1.165, 1.54) is 0 Å². The van der Waals surface area contributed by atoms with E-state index < -0.39 is 30.8 Å². The number of halogens is 1. The van der Waals surface area contributed by atoms with Crippen LogP contribution in [0.3, 0.4) is 0 Å². The molecule has 0 bridgehead atoms. The number of benzene rings is 4. The normalized spacial score (nSPS) is 22.1. The lowest BCUT2D eigenvalue weighted by Gasteiger charge is -2.43. The molecule has 0 radical (unpaired) electrons. The molecule has 0 unspecified atom stereocenters. The molecule has 220 valence electrons. The van der Waals surface area contributed by atoms with E-state index in [1.54, 1.807) is 7.11 Å². The fourth-order valence-electron chi connectivity index (χ4n) is 4.88. The van der Waals surface area contributed by atoms with Gasteiger partial charge in [0.05, 0.1) is 40.1 Å². The predicted octanol–water partition coefficient (Wildman–Crippen LogP) is 6.66. The minimum Gasteiger partial charge on any atom is -0.497 e. The SMILES string of the molecule is COc1ccc(CO[C@@H]2[C@@H](OCc3ccccc3)[C@@H](F)O[C@H](COCc3ccccc3)[C@@H]2OCc2ccccc2)cc1. The van der Waals surface area contributed by atoms with Gasteiger partial charge in [0.15, 0.2) is 0 Å². The second-order valence-electron chi connectivity index (χ2n) is 10.2. The van der Waals surface area contributed by atoms with Crippen LogP contribution >= 0.6 is 0 Å². The first kappa shape index (κ1) is 29.9. The van der Waals surface area contributed by atoms with Gasteiger partial charge in [-0.1, -0.05) is 103 Å². The molecule has 0 aromatic heterocycles. The second-order valence-corrected chi connectivity index (χ2v) is 10.2. The first-order chi connectivity index (χ1) is 20.7. The van der Waals surface area contributed by atoms with Crippen molar-refractivity contribution >= 4 is 0 Å². The van der Waals surface area contributed by atoms with Gasteiger partial charge in [-0.05, 0) is 34.4 Å². The minimum absolute atomic E-state index is 0.128. The van der Waals surface area contributed by atoms with Gasteiger partial charge in [-0.3, -0.25) is 0 Å². The molecule has 1 fully saturated rings. The Kier molecular flexibility index (Phi) is 11.1. The smallest absolute Gasteiger partial charge is 0.228 e. The number of ether oxygens (including phenoxy) is 6. The van der Waals surface area contributed by atoms with Gasteiger partial charge in [0.2, 0.25) is 6.36 Å². The number of methoxy groups -OCH3 is 1. The molecule has 0 spiro atoms. The summed E-state index contributed by atoms with van der Waals surface area (Å²) in [5.74, 6) is 0.748. The number of hydrogen-bond donors (Lipinski definition) is 0. The summed E-state index contributed by atoms with van der Waals surface area (Å²) in [7, 11) is 1.62. The molecule has 42 heavy (non-hydrogen) atoms. The van der Waals surface area contributed by atoms with Crippen LogP contribution in [-0.4, -0.2) is 44.5 Å². The summed E-state index contributed by atoms with van der Waals surface area (Å²) in [6.45, 7) is 1.24. The zero-order chi connectivity index (χ0) is 29.0. The van der Waals surface area contributed by atoms with Crippen LogP contribution in [0.2, 0.25) is 0 Å². The van der Waals surface area contributed by atoms with Gasteiger partial charge in [-0.2, -0.15) is 0 Å². The molecule has 1 aliphatic rings. The van der Waals surface area contributed by atoms with Crippen molar-refractivity contribution in [1.29, 1.82) is 0 Å². The molecule has 1 saturated heterocycles. The third kappa shape index (κ3) is 8.47. The van der Waals surface area contributed by atoms with Gasteiger partial charge in [-0.15, -0.1) is 0 Å². The minimum atomic E-state index is -1.74. The Labute approximate surface area is 246 Å². The summed E-state index contributed by atoms with van der Waals surface area (Å²) in [4.78, 5) is 0. The molecule has 5 rings (SSSR count). The highest BCUT2D eigenvalue weighted by molar-refractivity contribution is 5.26. The lowest BCUT2D eigenvalue weighted by molar-refractivity contribution is -0.298. The quantitative estimate of drug-likeness (QED) is 0.168. The molecule has 0 amide bonds. The molecule has 0 N–H and O–H groups in total.